The van der Waals surface area contributed by atoms with Crippen molar-refractivity contribution >= 4 is 50.5 Å². The summed E-state index contributed by atoms with van der Waals surface area (Å²) in [5.74, 6) is 1.88. The SMILES string of the molecule is Cc1ccc(Nc2cc(Nc3ccc(NC(=O)c4cccc(Br)c4)cc3)nc(C)n2)cc1. The van der Waals surface area contributed by atoms with E-state index in [4.69, 9.17) is 0 Å². The van der Waals surface area contributed by atoms with Gasteiger partial charge in [0, 0.05) is 33.2 Å². The molecule has 3 N–H and O–H groups in total. The highest BCUT2D eigenvalue weighted by molar-refractivity contribution is 9.10. The number of aryl methyl sites for hydroxylation is 2. The largest absolute Gasteiger partial charge is 0.340 e. The van der Waals surface area contributed by atoms with Gasteiger partial charge in [0.1, 0.15) is 17.5 Å². The van der Waals surface area contributed by atoms with Crippen molar-refractivity contribution in [2.75, 3.05) is 16.0 Å². The number of benzene rings is 3. The summed E-state index contributed by atoms with van der Waals surface area (Å²) < 4.78 is 0.862. The molecular formula is C25H22BrN5O. The minimum absolute atomic E-state index is 0.162. The Hall–Kier alpha value is -3.71. The molecule has 0 saturated heterocycles. The second kappa shape index (κ2) is 9.62. The van der Waals surface area contributed by atoms with Gasteiger partial charge >= 0.3 is 0 Å². The Morgan fingerprint density at radius 1 is 0.750 bits per heavy atom. The summed E-state index contributed by atoms with van der Waals surface area (Å²) >= 11 is 3.39. The molecule has 3 aromatic carbocycles. The number of halogens is 1. The third-order valence-electron chi connectivity index (χ3n) is 4.66. The van der Waals surface area contributed by atoms with Crippen molar-refractivity contribution in [2.45, 2.75) is 13.8 Å². The second-order valence-corrected chi connectivity index (χ2v) is 8.26. The zero-order chi connectivity index (χ0) is 22.5. The summed E-state index contributed by atoms with van der Waals surface area (Å²) in [6, 6.07) is 24.7. The maximum atomic E-state index is 12.4. The third kappa shape index (κ3) is 5.70. The molecule has 160 valence electrons. The number of carbonyl (C=O) groups is 1. The van der Waals surface area contributed by atoms with Crippen LogP contribution in [0.2, 0.25) is 0 Å². The van der Waals surface area contributed by atoms with Crippen LogP contribution in [0.15, 0.2) is 83.3 Å². The smallest absolute Gasteiger partial charge is 0.255 e. The lowest BCUT2D eigenvalue weighted by atomic mass is 10.2. The maximum Gasteiger partial charge on any atom is 0.255 e. The quantitative estimate of drug-likeness (QED) is 0.285. The van der Waals surface area contributed by atoms with Crippen LogP contribution < -0.4 is 16.0 Å². The van der Waals surface area contributed by atoms with Gasteiger partial charge in [0.05, 0.1) is 0 Å². The molecule has 0 bridgehead atoms. The van der Waals surface area contributed by atoms with Crippen molar-refractivity contribution in [2.24, 2.45) is 0 Å². The minimum atomic E-state index is -0.162. The molecule has 1 amide bonds. The highest BCUT2D eigenvalue weighted by Gasteiger charge is 2.07. The van der Waals surface area contributed by atoms with Gasteiger partial charge in [-0.05, 0) is 68.4 Å². The third-order valence-corrected chi connectivity index (χ3v) is 5.16. The predicted molar refractivity (Wildman–Crippen MR) is 133 cm³/mol. The predicted octanol–water partition coefficient (Wildman–Crippen LogP) is 6.60. The second-order valence-electron chi connectivity index (χ2n) is 7.34. The molecule has 6 nitrogen and oxygen atoms in total. The van der Waals surface area contributed by atoms with E-state index in [1.807, 2.05) is 73.7 Å². The van der Waals surface area contributed by atoms with Gasteiger partial charge in [0.15, 0.2) is 0 Å². The van der Waals surface area contributed by atoms with E-state index in [9.17, 15) is 4.79 Å². The summed E-state index contributed by atoms with van der Waals surface area (Å²) in [6.45, 7) is 3.91. The lowest BCUT2D eigenvalue weighted by Gasteiger charge is -2.11. The van der Waals surface area contributed by atoms with E-state index in [-0.39, 0.29) is 5.91 Å². The Balaban J connectivity index is 1.43. The summed E-state index contributed by atoms with van der Waals surface area (Å²) in [6.07, 6.45) is 0. The highest BCUT2D eigenvalue weighted by Crippen LogP contribution is 2.22. The van der Waals surface area contributed by atoms with Crippen molar-refractivity contribution in [3.8, 4) is 0 Å². The van der Waals surface area contributed by atoms with Crippen LogP contribution in [0.3, 0.4) is 0 Å². The Morgan fingerprint density at radius 2 is 1.31 bits per heavy atom. The zero-order valence-electron chi connectivity index (χ0n) is 17.7. The molecule has 0 aliphatic carbocycles. The number of hydrogen-bond donors (Lipinski definition) is 3. The lowest BCUT2D eigenvalue weighted by Crippen LogP contribution is -2.11. The number of amides is 1. The van der Waals surface area contributed by atoms with Crippen molar-refractivity contribution in [1.29, 1.82) is 0 Å². The Labute approximate surface area is 195 Å². The molecule has 0 aliphatic rings. The van der Waals surface area contributed by atoms with Crippen molar-refractivity contribution < 1.29 is 4.79 Å². The summed E-state index contributed by atoms with van der Waals surface area (Å²) in [4.78, 5) is 21.3. The first kappa shape index (κ1) is 21.5. The van der Waals surface area contributed by atoms with Crippen LogP contribution in [0.1, 0.15) is 21.7 Å². The van der Waals surface area contributed by atoms with Crippen LogP contribution >= 0.6 is 15.9 Å². The van der Waals surface area contributed by atoms with Crippen LogP contribution in [0.25, 0.3) is 0 Å². The Morgan fingerprint density at radius 3 is 1.91 bits per heavy atom. The van der Waals surface area contributed by atoms with E-state index in [0.717, 1.165) is 15.8 Å². The molecule has 1 aromatic heterocycles. The average Bonchev–Trinajstić information content (AvgIpc) is 2.76. The van der Waals surface area contributed by atoms with E-state index in [1.54, 1.807) is 12.1 Å². The van der Waals surface area contributed by atoms with Crippen molar-refractivity contribution in [3.63, 3.8) is 0 Å². The summed E-state index contributed by atoms with van der Waals surface area (Å²) in [5, 5.41) is 9.50. The fourth-order valence-electron chi connectivity index (χ4n) is 3.10. The molecular weight excluding hydrogens is 466 g/mol. The van der Waals surface area contributed by atoms with Gasteiger partial charge in [0.2, 0.25) is 0 Å². The van der Waals surface area contributed by atoms with Gasteiger partial charge < -0.3 is 16.0 Å². The standard InChI is InChI=1S/C25H22BrN5O/c1-16-6-8-20(9-7-16)29-23-15-24(28-17(2)27-23)30-21-10-12-22(13-11-21)31-25(32)18-4-3-5-19(26)14-18/h3-15H,1-2H3,(H,31,32)(H2,27,28,29,30). The summed E-state index contributed by atoms with van der Waals surface area (Å²) in [7, 11) is 0. The minimum Gasteiger partial charge on any atom is -0.340 e. The first-order valence-electron chi connectivity index (χ1n) is 10.1. The molecule has 4 aromatic rings. The molecule has 0 atom stereocenters. The fraction of sp³-hybridized carbons (Fsp3) is 0.0800. The van der Waals surface area contributed by atoms with E-state index in [0.29, 0.717) is 28.7 Å². The molecule has 1 heterocycles. The van der Waals surface area contributed by atoms with Gasteiger partial charge in [-0.15, -0.1) is 0 Å². The number of nitrogens with zero attached hydrogens (tertiary/aromatic N) is 2. The zero-order valence-corrected chi connectivity index (χ0v) is 19.3. The highest BCUT2D eigenvalue weighted by atomic mass is 79.9. The molecule has 0 radical (unpaired) electrons. The molecule has 32 heavy (non-hydrogen) atoms. The normalized spacial score (nSPS) is 10.5. The molecule has 0 spiro atoms. The number of aromatic nitrogens is 2. The van der Waals surface area contributed by atoms with Gasteiger partial charge in [-0.25, -0.2) is 9.97 Å². The molecule has 7 heteroatoms. The van der Waals surface area contributed by atoms with Crippen LogP contribution in [-0.4, -0.2) is 15.9 Å². The van der Waals surface area contributed by atoms with Gasteiger partial charge in [-0.1, -0.05) is 39.7 Å². The average molecular weight is 488 g/mol. The number of hydrogen-bond acceptors (Lipinski definition) is 5. The summed E-state index contributed by atoms with van der Waals surface area (Å²) in [5.41, 5.74) is 4.32. The van der Waals surface area contributed by atoms with E-state index >= 15 is 0 Å². The fourth-order valence-corrected chi connectivity index (χ4v) is 3.50. The molecule has 0 unspecified atom stereocenters. The first-order valence-corrected chi connectivity index (χ1v) is 10.9. The van der Waals surface area contributed by atoms with Crippen molar-refractivity contribution in [3.05, 3.63) is 100 Å². The van der Waals surface area contributed by atoms with Crippen LogP contribution in [0, 0.1) is 13.8 Å². The molecule has 4 rings (SSSR count). The molecule has 0 aliphatic heterocycles. The molecule has 0 saturated carbocycles. The number of nitrogens with one attached hydrogen (secondary N) is 3. The van der Waals surface area contributed by atoms with E-state index in [1.165, 1.54) is 5.56 Å². The van der Waals surface area contributed by atoms with Crippen LogP contribution in [-0.2, 0) is 0 Å². The van der Waals surface area contributed by atoms with E-state index < -0.39 is 0 Å². The van der Waals surface area contributed by atoms with Gasteiger partial charge in [-0.2, -0.15) is 0 Å². The van der Waals surface area contributed by atoms with Gasteiger partial charge in [-0.3, -0.25) is 4.79 Å². The van der Waals surface area contributed by atoms with Crippen LogP contribution in [0.4, 0.5) is 28.7 Å². The topological polar surface area (TPSA) is 78.9 Å². The monoisotopic (exact) mass is 487 g/mol. The Kier molecular flexibility index (Phi) is 6.47. The van der Waals surface area contributed by atoms with E-state index in [2.05, 4.69) is 48.8 Å². The first-order chi connectivity index (χ1) is 15.4. The van der Waals surface area contributed by atoms with Gasteiger partial charge in [0.25, 0.3) is 5.91 Å². The number of carbonyl (C=O) groups excluding carboxylic acids is 1. The number of anilines is 5. The number of rotatable bonds is 6. The van der Waals surface area contributed by atoms with Crippen LogP contribution in [0.5, 0.6) is 0 Å². The maximum absolute atomic E-state index is 12.4. The van der Waals surface area contributed by atoms with Crippen molar-refractivity contribution in [1.82, 2.24) is 9.97 Å². The lowest BCUT2D eigenvalue weighted by molar-refractivity contribution is 0.102. The Bertz CT molecular complexity index is 1240. The molecule has 0 fully saturated rings.